The summed E-state index contributed by atoms with van der Waals surface area (Å²) in [7, 11) is -3.32. The van der Waals surface area contributed by atoms with Crippen molar-refractivity contribution >= 4 is 16.0 Å². The van der Waals surface area contributed by atoms with Crippen molar-refractivity contribution in [2.75, 3.05) is 44.2 Å². The molecule has 7 nitrogen and oxygen atoms in total. The third-order valence-corrected chi connectivity index (χ3v) is 7.48. The Morgan fingerprint density at radius 3 is 2.00 bits per heavy atom. The summed E-state index contributed by atoms with van der Waals surface area (Å²) in [6.07, 6.45) is 6.66. The smallest absolute Gasteiger partial charge is 0.282 e. The largest absolute Gasteiger partial charge is 0.352 e. The molecule has 8 heteroatoms. The number of rotatable bonds is 4. The summed E-state index contributed by atoms with van der Waals surface area (Å²) in [6, 6.07) is 4.10. The van der Waals surface area contributed by atoms with E-state index in [4.69, 9.17) is 0 Å². The van der Waals surface area contributed by atoms with E-state index < -0.39 is 10.2 Å². The zero-order chi connectivity index (χ0) is 17.3. The van der Waals surface area contributed by atoms with E-state index in [0.717, 1.165) is 37.2 Å². The lowest BCUT2D eigenvalue weighted by atomic mass is 10.2. The molecule has 138 valence electrons. The van der Waals surface area contributed by atoms with Gasteiger partial charge in [0.1, 0.15) is 0 Å². The van der Waals surface area contributed by atoms with Crippen LogP contribution < -0.4 is 4.90 Å². The molecule has 0 spiro atoms. The fourth-order valence-corrected chi connectivity index (χ4v) is 5.36. The molecule has 1 aromatic heterocycles. The van der Waals surface area contributed by atoms with Gasteiger partial charge in [-0.05, 0) is 37.8 Å². The van der Waals surface area contributed by atoms with Crippen molar-refractivity contribution < 1.29 is 8.42 Å². The van der Waals surface area contributed by atoms with Crippen LogP contribution in [0.4, 0.5) is 5.82 Å². The van der Waals surface area contributed by atoms with E-state index in [2.05, 4.69) is 21.2 Å². The molecule has 0 atom stereocenters. The highest BCUT2D eigenvalue weighted by Crippen LogP contribution is 2.38. The summed E-state index contributed by atoms with van der Waals surface area (Å²) >= 11 is 0. The Bertz CT molecular complexity index is 673. The van der Waals surface area contributed by atoms with Gasteiger partial charge >= 0.3 is 0 Å². The van der Waals surface area contributed by atoms with Gasteiger partial charge in [-0.25, -0.2) is 0 Å². The average molecular weight is 366 g/mol. The average Bonchev–Trinajstić information content (AvgIpc) is 3.49. The Hall–Kier alpha value is -1.25. The summed E-state index contributed by atoms with van der Waals surface area (Å²) in [5.41, 5.74) is 1.09. The third-order valence-electron chi connectivity index (χ3n) is 5.45. The van der Waals surface area contributed by atoms with Crippen LogP contribution in [-0.4, -0.2) is 66.5 Å². The fraction of sp³-hybridized carbons (Fsp3) is 0.765. The normalized spacial score (nSPS) is 24.2. The molecular weight excluding hydrogens is 338 g/mol. The van der Waals surface area contributed by atoms with E-state index in [0.29, 0.717) is 45.2 Å². The molecule has 4 rings (SSSR count). The van der Waals surface area contributed by atoms with Crippen LogP contribution in [0.3, 0.4) is 0 Å². The van der Waals surface area contributed by atoms with E-state index in [9.17, 15) is 8.42 Å². The van der Waals surface area contributed by atoms with Crippen LogP contribution in [0.2, 0.25) is 0 Å². The Morgan fingerprint density at radius 2 is 1.44 bits per heavy atom. The quantitative estimate of drug-likeness (QED) is 0.811. The lowest BCUT2D eigenvalue weighted by Crippen LogP contribution is -2.53. The lowest BCUT2D eigenvalue weighted by Gasteiger charge is -2.36. The van der Waals surface area contributed by atoms with E-state index in [-0.39, 0.29) is 0 Å². The molecular formula is C17H27N5O2S. The van der Waals surface area contributed by atoms with Gasteiger partial charge in [0.15, 0.2) is 5.82 Å². The minimum atomic E-state index is -3.32. The molecule has 0 unspecified atom stereocenters. The molecule has 2 aliphatic heterocycles. The molecule has 3 heterocycles. The minimum Gasteiger partial charge on any atom is -0.352 e. The van der Waals surface area contributed by atoms with Gasteiger partial charge in [-0.15, -0.1) is 5.10 Å². The number of nitrogens with zero attached hydrogens (tertiary/aromatic N) is 5. The fourth-order valence-electron chi connectivity index (χ4n) is 3.68. The van der Waals surface area contributed by atoms with E-state index >= 15 is 0 Å². The zero-order valence-electron chi connectivity index (χ0n) is 14.7. The van der Waals surface area contributed by atoms with Crippen molar-refractivity contribution in [3.63, 3.8) is 0 Å². The topological polar surface area (TPSA) is 69.6 Å². The molecule has 1 aromatic rings. The van der Waals surface area contributed by atoms with E-state index in [1.54, 1.807) is 8.61 Å². The van der Waals surface area contributed by atoms with Crippen molar-refractivity contribution in [3.8, 4) is 0 Å². The second kappa shape index (κ2) is 7.17. The van der Waals surface area contributed by atoms with Crippen LogP contribution in [0.1, 0.15) is 50.1 Å². The summed E-state index contributed by atoms with van der Waals surface area (Å²) in [6.45, 7) is 3.71. The van der Waals surface area contributed by atoms with Gasteiger partial charge in [-0.2, -0.15) is 22.1 Å². The molecule has 25 heavy (non-hydrogen) atoms. The first-order valence-corrected chi connectivity index (χ1v) is 10.9. The highest BCUT2D eigenvalue weighted by Gasteiger charge is 2.33. The number of anilines is 1. The maximum absolute atomic E-state index is 12.9. The first kappa shape index (κ1) is 17.2. The van der Waals surface area contributed by atoms with Gasteiger partial charge in [0, 0.05) is 45.2 Å². The van der Waals surface area contributed by atoms with Crippen molar-refractivity contribution in [1.29, 1.82) is 0 Å². The molecule has 0 amide bonds. The van der Waals surface area contributed by atoms with E-state index in [1.807, 2.05) is 6.07 Å². The molecule has 0 radical (unpaired) electrons. The maximum atomic E-state index is 12.9. The Balaban J connectivity index is 1.37. The van der Waals surface area contributed by atoms with Crippen LogP contribution in [0, 0.1) is 0 Å². The van der Waals surface area contributed by atoms with Crippen LogP contribution >= 0.6 is 0 Å². The number of hydrogen-bond acceptors (Lipinski definition) is 5. The summed E-state index contributed by atoms with van der Waals surface area (Å²) in [4.78, 5) is 2.14. The monoisotopic (exact) mass is 365 g/mol. The highest BCUT2D eigenvalue weighted by atomic mass is 32.2. The molecule has 3 fully saturated rings. The van der Waals surface area contributed by atoms with Gasteiger partial charge in [-0.1, -0.05) is 12.8 Å². The SMILES string of the molecule is O=S(=O)(N1CCCCCC1)N1CCN(c2ccc(C3CC3)nn2)CC1. The second-order valence-corrected chi connectivity index (χ2v) is 9.23. The number of aromatic nitrogens is 2. The minimum absolute atomic E-state index is 0.519. The zero-order valence-corrected chi connectivity index (χ0v) is 15.5. The first-order valence-electron chi connectivity index (χ1n) is 9.48. The maximum Gasteiger partial charge on any atom is 0.282 e. The third kappa shape index (κ3) is 3.80. The van der Waals surface area contributed by atoms with Crippen molar-refractivity contribution in [2.24, 2.45) is 0 Å². The van der Waals surface area contributed by atoms with Crippen LogP contribution in [0.5, 0.6) is 0 Å². The van der Waals surface area contributed by atoms with Crippen LogP contribution in [0.25, 0.3) is 0 Å². The molecule has 0 N–H and O–H groups in total. The van der Waals surface area contributed by atoms with Crippen LogP contribution in [-0.2, 0) is 10.2 Å². The molecule has 3 aliphatic rings. The molecule has 0 aromatic carbocycles. The van der Waals surface area contributed by atoms with Gasteiger partial charge in [0.2, 0.25) is 0 Å². The van der Waals surface area contributed by atoms with Crippen LogP contribution in [0.15, 0.2) is 12.1 Å². The van der Waals surface area contributed by atoms with Crippen molar-refractivity contribution in [3.05, 3.63) is 17.8 Å². The predicted octanol–water partition coefficient (Wildman–Crippen LogP) is 1.60. The van der Waals surface area contributed by atoms with Gasteiger partial charge in [0.25, 0.3) is 10.2 Å². The summed E-state index contributed by atoms with van der Waals surface area (Å²) in [5.74, 6) is 1.47. The highest BCUT2D eigenvalue weighted by molar-refractivity contribution is 7.86. The molecule has 1 aliphatic carbocycles. The molecule has 1 saturated carbocycles. The van der Waals surface area contributed by atoms with Crippen molar-refractivity contribution in [2.45, 2.75) is 44.4 Å². The Morgan fingerprint density at radius 1 is 0.800 bits per heavy atom. The summed E-state index contributed by atoms with van der Waals surface area (Å²) in [5, 5.41) is 8.69. The number of hydrogen-bond donors (Lipinski definition) is 0. The first-order chi connectivity index (χ1) is 12.1. The van der Waals surface area contributed by atoms with E-state index in [1.165, 1.54) is 12.8 Å². The predicted molar refractivity (Wildman–Crippen MR) is 96.8 cm³/mol. The lowest BCUT2D eigenvalue weighted by molar-refractivity contribution is 0.327. The van der Waals surface area contributed by atoms with Gasteiger partial charge in [-0.3, -0.25) is 0 Å². The van der Waals surface area contributed by atoms with Crippen molar-refractivity contribution in [1.82, 2.24) is 18.8 Å². The Labute approximate surface area is 150 Å². The standard InChI is InChI=1S/C17H27N5O2S/c23-25(24,21-9-3-1-2-4-10-21)22-13-11-20(12-14-22)17-8-7-16(18-19-17)15-5-6-15/h7-8,15H,1-6,9-14H2. The molecule has 2 saturated heterocycles. The summed E-state index contributed by atoms with van der Waals surface area (Å²) < 4.78 is 29.1. The molecule has 0 bridgehead atoms. The number of piperazine rings is 1. The van der Waals surface area contributed by atoms with Gasteiger partial charge in [0.05, 0.1) is 5.69 Å². The second-order valence-electron chi connectivity index (χ2n) is 7.30. The van der Waals surface area contributed by atoms with Gasteiger partial charge < -0.3 is 4.90 Å². The Kier molecular flexibility index (Phi) is 4.92.